The lowest BCUT2D eigenvalue weighted by atomic mass is 9.86. The van der Waals surface area contributed by atoms with Gasteiger partial charge in [-0.1, -0.05) is 12.2 Å². The van der Waals surface area contributed by atoms with Crippen LogP contribution < -0.4 is 9.64 Å². The van der Waals surface area contributed by atoms with Crippen molar-refractivity contribution in [1.29, 1.82) is 0 Å². The van der Waals surface area contributed by atoms with Gasteiger partial charge in [0.15, 0.2) is 0 Å². The number of anilines is 1. The van der Waals surface area contributed by atoms with Crippen molar-refractivity contribution in [3.63, 3.8) is 0 Å². The van der Waals surface area contributed by atoms with E-state index in [-0.39, 0.29) is 11.3 Å². The zero-order chi connectivity index (χ0) is 17.6. The van der Waals surface area contributed by atoms with E-state index >= 15 is 0 Å². The predicted molar refractivity (Wildman–Crippen MR) is 92.9 cm³/mol. The van der Waals surface area contributed by atoms with Gasteiger partial charge in [0.05, 0.1) is 5.57 Å². The van der Waals surface area contributed by atoms with Gasteiger partial charge in [-0.25, -0.2) is 0 Å². The SMILES string of the molecule is C/C=C/C=C1/C=C(C(F)(F)F)c2cc3c4c(c2O1)CCCN4CCC3. The highest BCUT2D eigenvalue weighted by atomic mass is 19.4. The molecule has 0 fully saturated rings. The number of alkyl halides is 3. The Morgan fingerprint density at radius 3 is 2.64 bits per heavy atom. The molecule has 0 aromatic heterocycles. The van der Waals surface area contributed by atoms with Crippen molar-refractivity contribution in [3.8, 4) is 5.75 Å². The van der Waals surface area contributed by atoms with Gasteiger partial charge < -0.3 is 9.64 Å². The molecule has 1 aromatic rings. The van der Waals surface area contributed by atoms with E-state index < -0.39 is 11.7 Å². The summed E-state index contributed by atoms with van der Waals surface area (Å²) in [6.07, 6.45) is 5.30. The van der Waals surface area contributed by atoms with Gasteiger partial charge in [-0.2, -0.15) is 13.2 Å². The molecule has 3 heterocycles. The third kappa shape index (κ3) is 2.75. The van der Waals surface area contributed by atoms with E-state index in [1.807, 2.05) is 6.92 Å². The summed E-state index contributed by atoms with van der Waals surface area (Å²) in [6.45, 7) is 3.77. The molecule has 0 saturated heterocycles. The lowest BCUT2D eigenvalue weighted by Crippen LogP contribution is -2.35. The van der Waals surface area contributed by atoms with Crippen LogP contribution in [-0.4, -0.2) is 19.3 Å². The summed E-state index contributed by atoms with van der Waals surface area (Å²) in [5, 5.41) is 0. The van der Waals surface area contributed by atoms with Crippen LogP contribution in [0.4, 0.5) is 18.9 Å². The van der Waals surface area contributed by atoms with Crippen LogP contribution in [-0.2, 0) is 12.8 Å². The maximum Gasteiger partial charge on any atom is 0.417 e. The fourth-order valence-corrected chi connectivity index (χ4v) is 4.02. The quantitative estimate of drug-likeness (QED) is 0.694. The number of aryl methyl sites for hydroxylation is 1. The summed E-state index contributed by atoms with van der Waals surface area (Å²) in [5.74, 6) is 0.637. The van der Waals surface area contributed by atoms with E-state index in [1.165, 1.54) is 0 Å². The molecule has 0 aliphatic carbocycles. The van der Waals surface area contributed by atoms with Crippen LogP contribution >= 0.6 is 0 Å². The molecule has 3 aliphatic rings. The first kappa shape index (κ1) is 16.3. The van der Waals surface area contributed by atoms with Crippen LogP contribution in [0, 0.1) is 0 Å². The molecule has 0 spiro atoms. The van der Waals surface area contributed by atoms with Gasteiger partial charge in [-0.15, -0.1) is 0 Å². The molecule has 3 aliphatic heterocycles. The van der Waals surface area contributed by atoms with E-state index in [0.29, 0.717) is 5.75 Å². The first-order chi connectivity index (χ1) is 12.0. The van der Waals surface area contributed by atoms with Crippen LogP contribution in [0.15, 0.2) is 36.1 Å². The maximum atomic E-state index is 13.7. The summed E-state index contributed by atoms with van der Waals surface area (Å²) in [6, 6.07) is 1.71. The number of allylic oxidation sites excluding steroid dienone is 5. The lowest BCUT2D eigenvalue weighted by molar-refractivity contribution is -0.0694. The van der Waals surface area contributed by atoms with E-state index in [0.717, 1.165) is 61.7 Å². The van der Waals surface area contributed by atoms with Crippen LogP contribution in [0.3, 0.4) is 0 Å². The molecule has 0 unspecified atom stereocenters. The number of ether oxygens (including phenoxy) is 1. The monoisotopic (exact) mass is 347 g/mol. The molecule has 5 heteroatoms. The standard InChI is InChI=1S/C20H20F3NO/c1-2-3-7-14-12-17(20(21,22)23)16-11-13-6-4-9-24-10-5-8-15(18(13)24)19(16)25-14/h2-3,7,11-12H,4-6,8-10H2,1H3/b3-2+,14-7-. The average Bonchev–Trinajstić information content (AvgIpc) is 2.59. The van der Waals surface area contributed by atoms with Crippen molar-refractivity contribution < 1.29 is 17.9 Å². The minimum atomic E-state index is -4.41. The number of nitrogens with zero attached hydrogens (tertiary/aromatic N) is 1. The number of fused-ring (bicyclic) bond motifs is 2. The minimum Gasteiger partial charge on any atom is -0.456 e. The van der Waals surface area contributed by atoms with Crippen molar-refractivity contribution in [2.75, 3.05) is 18.0 Å². The van der Waals surface area contributed by atoms with E-state index in [9.17, 15) is 13.2 Å². The van der Waals surface area contributed by atoms with Gasteiger partial charge in [0.1, 0.15) is 11.5 Å². The third-order valence-electron chi connectivity index (χ3n) is 5.03. The molecule has 1 aromatic carbocycles. The lowest BCUT2D eigenvalue weighted by Gasteiger charge is -2.39. The smallest absolute Gasteiger partial charge is 0.417 e. The summed E-state index contributed by atoms with van der Waals surface area (Å²) in [5.41, 5.74) is 2.68. The highest BCUT2D eigenvalue weighted by Gasteiger charge is 2.41. The molecule has 25 heavy (non-hydrogen) atoms. The Kier molecular flexibility index (Phi) is 3.89. The van der Waals surface area contributed by atoms with Crippen LogP contribution in [0.25, 0.3) is 5.57 Å². The highest BCUT2D eigenvalue weighted by molar-refractivity contribution is 5.84. The Morgan fingerprint density at radius 2 is 1.92 bits per heavy atom. The van der Waals surface area contributed by atoms with Crippen LogP contribution in [0.5, 0.6) is 5.75 Å². The van der Waals surface area contributed by atoms with Crippen molar-refractivity contribution in [1.82, 2.24) is 0 Å². The van der Waals surface area contributed by atoms with Crippen LogP contribution in [0.1, 0.15) is 36.5 Å². The summed E-state index contributed by atoms with van der Waals surface area (Å²) in [4.78, 5) is 2.31. The minimum absolute atomic E-state index is 0.197. The maximum absolute atomic E-state index is 13.7. The molecule has 0 radical (unpaired) electrons. The van der Waals surface area contributed by atoms with E-state index in [1.54, 1.807) is 24.3 Å². The molecule has 0 atom stereocenters. The number of benzene rings is 1. The molecule has 0 N–H and O–H groups in total. The Balaban J connectivity index is 1.95. The predicted octanol–water partition coefficient (Wildman–Crippen LogP) is 5.18. The fourth-order valence-electron chi connectivity index (χ4n) is 4.02. The molecule has 4 rings (SSSR count). The van der Waals surface area contributed by atoms with E-state index in [2.05, 4.69) is 4.90 Å². The number of rotatable bonds is 1. The van der Waals surface area contributed by atoms with Crippen molar-refractivity contribution in [2.24, 2.45) is 0 Å². The first-order valence-corrected chi connectivity index (χ1v) is 8.73. The Morgan fingerprint density at radius 1 is 1.16 bits per heavy atom. The molecular weight excluding hydrogens is 327 g/mol. The fraction of sp³-hybridized carbons (Fsp3) is 0.400. The second-order valence-corrected chi connectivity index (χ2v) is 6.69. The summed E-state index contributed by atoms with van der Waals surface area (Å²) < 4.78 is 47.0. The summed E-state index contributed by atoms with van der Waals surface area (Å²) in [7, 11) is 0. The Labute approximate surface area is 145 Å². The second kappa shape index (κ2) is 5.97. The molecule has 0 amide bonds. The Hall–Kier alpha value is -2.17. The largest absolute Gasteiger partial charge is 0.456 e. The number of hydrogen-bond acceptors (Lipinski definition) is 2. The van der Waals surface area contributed by atoms with Crippen molar-refractivity contribution in [2.45, 2.75) is 38.8 Å². The van der Waals surface area contributed by atoms with Crippen molar-refractivity contribution in [3.05, 3.63) is 52.8 Å². The van der Waals surface area contributed by atoms with E-state index in [4.69, 9.17) is 4.74 Å². The number of halogens is 3. The molecule has 132 valence electrons. The topological polar surface area (TPSA) is 12.5 Å². The normalized spacial score (nSPS) is 21.0. The van der Waals surface area contributed by atoms with Crippen LogP contribution in [0.2, 0.25) is 0 Å². The highest BCUT2D eigenvalue weighted by Crippen LogP contribution is 2.50. The number of hydrogen-bond donors (Lipinski definition) is 0. The van der Waals surface area contributed by atoms with Gasteiger partial charge in [-0.05, 0) is 56.4 Å². The molecule has 0 saturated carbocycles. The molecule has 2 nitrogen and oxygen atoms in total. The first-order valence-electron chi connectivity index (χ1n) is 8.73. The van der Waals surface area contributed by atoms with Gasteiger partial charge in [-0.3, -0.25) is 0 Å². The Bertz CT molecular complexity index is 800. The molecular formula is C20H20F3NO. The molecule has 0 bridgehead atoms. The van der Waals surface area contributed by atoms with Gasteiger partial charge in [0.2, 0.25) is 0 Å². The third-order valence-corrected chi connectivity index (χ3v) is 5.03. The average molecular weight is 347 g/mol. The second-order valence-electron chi connectivity index (χ2n) is 6.69. The van der Waals surface area contributed by atoms with Gasteiger partial charge in [0, 0.05) is 29.9 Å². The van der Waals surface area contributed by atoms with Gasteiger partial charge in [0.25, 0.3) is 0 Å². The zero-order valence-corrected chi connectivity index (χ0v) is 14.1. The van der Waals surface area contributed by atoms with Gasteiger partial charge >= 0.3 is 6.18 Å². The van der Waals surface area contributed by atoms with Crippen molar-refractivity contribution >= 4 is 11.3 Å². The zero-order valence-electron chi connectivity index (χ0n) is 14.1. The summed E-state index contributed by atoms with van der Waals surface area (Å²) >= 11 is 0.